The van der Waals surface area contributed by atoms with Crippen molar-refractivity contribution in [3.63, 3.8) is 0 Å². The summed E-state index contributed by atoms with van der Waals surface area (Å²) in [7, 11) is 0. The van der Waals surface area contributed by atoms with Gasteiger partial charge in [0.05, 0.1) is 0 Å². The molecule has 1 aliphatic heterocycles. The smallest absolute Gasteiger partial charge is 0.312 e. The van der Waals surface area contributed by atoms with Gasteiger partial charge < -0.3 is 9.97 Å². The van der Waals surface area contributed by atoms with E-state index in [9.17, 15) is 9.59 Å². The SMILES string of the molecule is O=C(c1c[nH]c(=O)[nH]1)N1CCCCN1. The first-order valence-corrected chi connectivity index (χ1v) is 4.60. The molecule has 0 unspecified atom stereocenters. The Bertz CT molecular complexity index is 375. The second-order valence-corrected chi connectivity index (χ2v) is 3.23. The van der Waals surface area contributed by atoms with Crippen LogP contribution in [0.1, 0.15) is 23.3 Å². The lowest BCUT2D eigenvalue weighted by molar-refractivity contribution is 0.0605. The zero-order valence-corrected chi connectivity index (χ0v) is 7.67. The number of nitrogens with zero attached hydrogens (tertiary/aromatic N) is 1. The molecule has 76 valence electrons. The van der Waals surface area contributed by atoms with E-state index in [1.165, 1.54) is 11.2 Å². The molecule has 1 amide bonds. The summed E-state index contributed by atoms with van der Waals surface area (Å²) < 4.78 is 0. The number of nitrogens with one attached hydrogen (secondary N) is 3. The maximum Gasteiger partial charge on any atom is 0.323 e. The number of carbonyl (C=O) groups excluding carboxylic acids is 1. The Kier molecular flexibility index (Phi) is 2.36. The summed E-state index contributed by atoms with van der Waals surface area (Å²) in [6.07, 6.45) is 3.46. The Morgan fingerprint density at radius 3 is 2.86 bits per heavy atom. The van der Waals surface area contributed by atoms with E-state index in [2.05, 4.69) is 15.4 Å². The Balaban J connectivity index is 2.10. The highest BCUT2D eigenvalue weighted by atomic mass is 16.2. The van der Waals surface area contributed by atoms with Crippen molar-refractivity contribution in [2.75, 3.05) is 13.1 Å². The molecule has 1 saturated heterocycles. The van der Waals surface area contributed by atoms with Crippen LogP contribution in [0.15, 0.2) is 11.0 Å². The number of hydrazine groups is 1. The minimum Gasteiger partial charge on any atom is -0.312 e. The molecule has 0 aromatic carbocycles. The van der Waals surface area contributed by atoms with Gasteiger partial charge in [-0.25, -0.2) is 10.2 Å². The summed E-state index contributed by atoms with van der Waals surface area (Å²) in [5, 5.41) is 1.53. The normalized spacial score (nSPS) is 17.0. The third-order valence-corrected chi connectivity index (χ3v) is 2.18. The van der Waals surface area contributed by atoms with Gasteiger partial charge in [0.25, 0.3) is 5.91 Å². The van der Waals surface area contributed by atoms with Crippen LogP contribution in [0.5, 0.6) is 0 Å². The number of imidazole rings is 1. The molecule has 6 heteroatoms. The van der Waals surface area contributed by atoms with Gasteiger partial charge >= 0.3 is 5.69 Å². The van der Waals surface area contributed by atoms with Crippen molar-refractivity contribution >= 4 is 5.91 Å². The van der Waals surface area contributed by atoms with E-state index in [4.69, 9.17) is 0 Å². The fraction of sp³-hybridized carbons (Fsp3) is 0.500. The second kappa shape index (κ2) is 3.67. The van der Waals surface area contributed by atoms with Gasteiger partial charge in [-0.3, -0.25) is 9.80 Å². The molecule has 6 nitrogen and oxygen atoms in total. The van der Waals surface area contributed by atoms with Crippen LogP contribution in [0, 0.1) is 0 Å². The van der Waals surface area contributed by atoms with Crippen molar-refractivity contribution in [2.45, 2.75) is 12.8 Å². The quantitative estimate of drug-likeness (QED) is 0.563. The van der Waals surface area contributed by atoms with Crippen LogP contribution in [0.4, 0.5) is 0 Å². The maximum atomic E-state index is 11.7. The fourth-order valence-corrected chi connectivity index (χ4v) is 1.45. The van der Waals surface area contributed by atoms with Crippen LogP contribution >= 0.6 is 0 Å². The molecule has 0 aliphatic carbocycles. The van der Waals surface area contributed by atoms with E-state index in [-0.39, 0.29) is 11.6 Å². The van der Waals surface area contributed by atoms with E-state index < -0.39 is 0 Å². The first kappa shape index (κ1) is 9.01. The van der Waals surface area contributed by atoms with Gasteiger partial charge in [-0.15, -0.1) is 0 Å². The third kappa shape index (κ3) is 1.69. The fourth-order valence-electron chi connectivity index (χ4n) is 1.45. The molecule has 1 aromatic heterocycles. The van der Waals surface area contributed by atoms with Crippen LogP contribution in [0.2, 0.25) is 0 Å². The van der Waals surface area contributed by atoms with Gasteiger partial charge in [-0.2, -0.15) is 0 Å². The third-order valence-electron chi connectivity index (χ3n) is 2.18. The molecule has 14 heavy (non-hydrogen) atoms. The standard InChI is InChI=1S/C8H12N4O2/c13-7(6-5-9-8(14)11-6)12-4-2-1-3-10-12/h5,10H,1-4H2,(H2,9,11,14). The summed E-state index contributed by atoms with van der Waals surface area (Å²) >= 11 is 0. The zero-order chi connectivity index (χ0) is 9.97. The average molecular weight is 196 g/mol. The number of rotatable bonds is 1. The Hall–Kier alpha value is -1.56. The molecule has 2 rings (SSSR count). The zero-order valence-electron chi connectivity index (χ0n) is 7.67. The minimum absolute atomic E-state index is 0.192. The lowest BCUT2D eigenvalue weighted by Crippen LogP contribution is -2.47. The Morgan fingerprint density at radius 1 is 1.43 bits per heavy atom. The molecule has 0 spiro atoms. The van der Waals surface area contributed by atoms with Crippen LogP contribution in [-0.4, -0.2) is 34.0 Å². The predicted molar refractivity (Wildman–Crippen MR) is 49.7 cm³/mol. The number of hydrogen-bond donors (Lipinski definition) is 3. The van der Waals surface area contributed by atoms with Crippen LogP contribution in [0.3, 0.4) is 0 Å². The molecule has 1 fully saturated rings. The first-order chi connectivity index (χ1) is 6.77. The number of H-pyrrole nitrogens is 2. The van der Waals surface area contributed by atoms with Crippen molar-refractivity contribution in [3.8, 4) is 0 Å². The van der Waals surface area contributed by atoms with Gasteiger partial charge in [-0.05, 0) is 12.8 Å². The van der Waals surface area contributed by atoms with Crippen molar-refractivity contribution in [1.82, 2.24) is 20.4 Å². The van der Waals surface area contributed by atoms with E-state index in [0.29, 0.717) is 12.2 Å². The molecule has 3 N–H and O–H groups in total. The molecule has 0 bridgehead atoms. The summed E-state index contributed by atoms with van der Waals surface area (Å²) in [6, 6.07) is 0. The Labute approximate surface area is 80.3 Å². The number of hydrogen-bond acceptors (Lipinski definition) is 3. The van der Waals surface area contributed by atoms with Gasteiger partial charge in [-0.1, -0.05) is 0 Å². The van der Waals surface area contributed by atoms with Gasteiger partial charge in [0, 0.05) is 19.3 Å². The summed E-state index contributed by atoms with van der Waals surface area (Å²) in [5.41, 5.74) is 2.91. The van der Waals surface area contributed by atoms with Crippen LogP contribution < -0.4 is 11.1 Å². The molecular formula is C8H12N4O2. The number of amides is 1. The minimum atomic E-state index is -0.356. The number of carbonyl (C=O) groups is 1. The van der Waals surface area contributed by atoms with Gasteiger partial charge in [0.2, 0.25) is 0 Å². The molecule has 0 radical (unpaired) electrons. The van der Waals surface area contributed by atoms with Crippen LogP contribution in [0.25, 0.3) is 0 Å². The highest BCUT2D eigenvalue weighted by Gasteiger charge is 2.18. The van der Waals surface area contributed by atoms with Gasteiger partial charge in [0.15, 0.2) is 0 Å². The number of aromatic nitrogens is 2. The monoisotopic (exact) mass is 196 g/mol. The Morgan fingerprint density at radius 2 is 2.29 bits per heavy atom. The number of aromatic amines is 2. The van der Waals surface area contributed by atoms with E-state index in [1.807, 2.05) is 0 Å². The highest BCUT2D eigenvalue weighted by Crippen LogP contribution is 2.03. The van der Waals surface area contributed by atoms with Crippen LogP contribution in [-0.2, 0) is 0 Å². The van der Waals surface area contributed by atoms with E-state index in [0.717, 1.165) is 19.4 Å². The predicted octanol–water partition coefficient (Wildman–Crippen LogP) is -0.556. The largest absolute Gasteiger partial charge is 0.323 e. The van der Waals surface area contributed by atoms with E-state index >= 15 is 0 Å². The van der Waals surface area contributed by atoms with E-state index in [1.54, 1.807) is 0 Å². The molecule has 1 aliphatic rings. The molecule has 1 aromatic rings. The summed E-state index contributed by atoms with van der Waals surface area (Å²) in [5.74, 6) is -0.192. The van der Waals surface area contributed by atoms with Crippen molar-refractivity contribution in [2.24, 2.45) is 0 Å². The topological polar surface area (TPSA) is 81.0 Å². The average Bonchev–Trinajstić information content (AvgIpc) is 2.65. The lowest BCUT2D eigenvalue weighted by atomic mass is 10.2. The highest BCUT2D eigenvalue weighted by molar-refractivity contribution is 5.91. The maximum absolute atomic E-state index is 11.7. The van der Waals surface area contributed by atoms with Crippen molar-refractivity contribution in [1.29, 1.82) is 0 Å². The summed E-state index contributed by atoms with van der Waals surface area (Å²) in [6.45, 7) is 1.49. The van der Waals surface area contributed by atoms with Crippen molar-refractivity contribution in [3.05, 3.63) is 22.4 Å². The lowest BCUT2D eigenvalue weighted by Gasteiger charge is -2.26. The second-order valence-electron chi connectivity index (χ2n) is 3.23. The molecule has 0 atom stereocenters. The molecule has 2 heterocycles. The first-order valence-electron chi connectivity index (χ1n) is 4.60. The molecule has 0 saturated carbocycles. The van der Waals surface area contributed by atoms with Gasteiger partial charge in [0.1, 0.15) is 5.69 Å². The van der Waals surface area contributed by atoms with Crippen molar-refractivity contribution < 1.29 is 4.79 Å². The molecular weight excluding hydrogens is 184 g/mol. The summed E-state index contributed by atoms with van der Waals surface area (Å²) in [4.78, 5) is 27.3.